The molecule has 8 nitrogen and oxygen atoms in total. The van der Waals surface area contributed by atoms with Crippen molar-refractivity contribution in [3.05, 3.63) is 65.5 Å². The maximum atomic E-state index is 12.0. The van der Waals surface area contributed by atoms with Crippen LogP contribution < -0.4 is 9.67 Å². The third-order valence-electron chi connectivity index (χ3n) is 4.44. The number of hydrogen-bond acceptors (Lipinski definition) is 7. The van der Waals surface area contributed by atoms with Crippen LogP contribution in [-0.2, 0) is 9.47 Å². The predicted octanol–water partition coefficient (Wildman–Crippen LogP) is -0.878. The molecule has 2 heterocycles. The summed E-state index contributed by atoms with van der Waals surface area (Å²) < 4.78 is 12.1. The smallest absolute Gasteiger partial charge is 0.338 e. The van der Waals surface area contributed by atoms with Gasteiger partial charge in [0.15, 0.2) is 18.5 Å². The Morgan fingerprint density at radius 3 is 2.56 bits per heavy atom. The van der Waals surface area contributed by atoms with E-state index in [-0.39, 0.29) is 12.2 Å². The molecule has 4 atom stereocenters. The van der Waals surface area contributed by atoms with Gasteiger partial charge in [0.2, 0.25) is 0 Å². The number of aromatic nitrogens is 1. The topological polar surface area (TPSA) is 120 Å². The van der Waals surface area contributed by atoms with Gasteiger partial charge in [0.1, 0.15) is 18.8 Å². The van der Waals surface area contributed by atoms with Crippen molar-refractivity contribution in [1.82, 2.24) is 0 Å². The summed E-state index contributed by atoms with van der Waals surface area (Å²) in [5, 5.41) is 31.6. The summed E-state index contributed by atoms with van der Waals surface area (Å²) in [5.74, 6) is -1.94. The summed E-state index contributed by atoms with van der Waals surface area (Å²) in [5.41, 5.74) is 0.794. The second-order valence-electron chi connectivity index (χ2n) is 6.29. The Morgan fingerprint density at radius 1 is 1.19 bits per heavy atom. The monoisotopic (exact) mass is 373 g/mol. The first-order chi connectivity index (χ1) is 12.9. The first-order valence-electron chi connectivity index (χ1n) is 8.35. The van der Waals surface area contributed by atoms with E-state index in [1.807, 2.05) is 0 Å². The van der Waals surface area contributed by atoms with E-state index < -0.39 is 36.5 Å². The Morgan fingerprint density at radius 2 is 1.89 bits per heavy atom. The van der Waals surface area contributed by atoms with Gasteiger partial charge in [-0.15, -0.1) is 0 Å². The molecule has 1 aliphatic rings. The number of carboxylic acid groups (broad SMARTS) is 1. The highest BCUT2D eigenvalue weighted by molar-refractivity contribution is 5.89. The zero-order valence-corrected chi connectivity index (χ0v) is 14.5. The van der Waals surface area contributed by atoms with Gasteiger partial charge in [-0.3, -0.25) is 0 Å². The van der Waals surface area contributed by atoms with Gasteiger partial charge < -0.3 is 29.6 Å². The molecule has 2 aromatic rings. The Bertz CT molecular complexity index is 839. The highest BCUT2D eigenvalue weighted by Crippen LogP contribution is 2.26. The fraction of sp³-hybridized carbons (Fsp3) is 0.316. The van der Waals surface area contributed by atoms with E-state index >= 15 is 0 Å². The van der Waals surface area contributed by atoms with Crippen LogP contribution in [0.1, 0.15) is 32.5 Å². The lowest BCUT2D eigenvalue weighted by molar-refractivity contribution is -0.766. The average Bonchev–Trinajstić information content (AvgIpc) is 2.95. The van der Waals surface area contributed by atoms with Gasteiger partial charge in [0.05, 0.1) is 17.1 Å². The van der Waals surface area contributed by atoms with E-state index in [9.17, 15) is 24.9 Å². The minimum Gasteiger partial charge on any atom is -0.545 e. The molecule has 0 spiro atoms. The molecule has 8 heteroatoms. The van der Waals surface area contributed by atoms with E-state index in [1.54, 1.807) is 37.3 Å². The van der Waals surface area contributed by atoms with Crippen molar-refractivity contribution in [3.8, 4) is 0 Å². The molecule has 0 amide bonds. The van der Waals surface area contributed by atoms with E-state index in [1.165, 1.54) is 23.0 Å². The number of aliphatic hydroxyl groups is 2. The summed E-state index contributed by atoms with van der Waals surface area (Å²) in [6, 6.07) is 9.88. The van der Waals surface area contributed by atoms with E-state index in [4.69, 9.17) is 9.47 Å². The van der Waals surface area contributed by atoms with Gasteiger partial charge in [0, 0.05) is 6.07 Å². The van der Waals surface area contributed by atoms with Gasteiger partial charge in [-0.05, 0) is 24.6 Å². The molecule has 0 unspecified atom stereocenters. The summed E-state index contributed by atoms with van der Waals surface area (Å²) >= 11 is 0. The molecular weight excluding hydrogens is 354 g/mol. The summed E-state index contributed by atoms with van der Waals surface area (Å²) in [6.07, 6.45) is -1.83. The molecule has 0 saturated carbocycles. The Hall–Kier alpha value is -2.81. The number of aliphatic hydroxyl groups excluding tert-OH is 2. The number of aromatic carboxylic acids is 1. The molecule has 1 aromatic heterocycles. The van der Waals surface area contributed by atoms with E-state index in [2.05, 4.69) is 0 Å². The summed E-state index contributed by atoms with van der Waals surface area (Å²) in [6.45, 7) is 1.35. The predicted molar refractivity (Wildman–Crippen MR) is 88.4 cm³/mol. The first kappa shape index (κ1) is 19.0. The van der Waals surface area contributed by atoms with Crippen molar-refractivity contribution in [1.29, 1.82) is 0 Å². The van der Waals surface area contributed by atoms with Crippen molar-refractivity contribution >= 4 is 11.9 Å². The van der Waals surface area contributed by atoms with Crippen LogP contribution in [0.2, 0.25) is 0 Å². The summed E-state index contributed by atoms with van der Waals surface area (Å²) in [7, 11) is 0. The number of benzene rings is 1. The normalized spacial score (nSPS) is 24.6. The number of carboxylic acids is 1. The van der Waals surface area contributed by atoms with E-state index in [0.29, 0.717) is 11.1 Å². The molecule has 1 aromatic carbocycles. The molecule has 1 saturated heterocycles. The van der Waals surface area contributed by atoms with Gasteiger partial charge in [-0.2, -0.15) is 4.57 Å². The van der Waals surface area contributed by atoms with Crippen LogP contribution in [-0.4, -0.2) is 47.1 Å². The highest BCUT2D eigenvalue weighted by atomic mass is 16.6. The number of pyridine rings is 1. The molecule has 142 valence electrons. The quantitative estimate of drug-likeness (QED) is 0.516. The van der Waals surface area contributed by atoms with Gasteiger partial charge in [0.25, 0.3) is 6.23 Å². The number of aryl methyl sites for hydroxylation is 1. The van der Waals surface area contributed by atoms with Crippen LogP contribution in [0.25, 0.3) is 0 Å². The largest absolute Gasteiger partial charge is 0.545 e. The van der Waals surface area contributed by atoms with Crippen molar-refractivity contribution in [2.45, 2.75) is 31.5 Å². The standard InChI is InChI=1S/C19H19NO7/c1-11-7-8-20(9-13(11)18(23)24)17-16(22)15(21)14(27-17)10-26-19(25)12-5-3-2-4-6-12/h2-9,14-17,21-22H,10H2,1H3/t14-,15-,16-,17-/m1/s1. The molecule has 0 radical (unpaired) electrons. The van der Waals surface area contributed by atoms with Crippen LogP contribution in [0, 0.1) is 6.92 Å². The van der Waals surface area contributed by atoms with Crippen molar-refractivity contribution < 1.29 is 38.9 Å². The second kappa shape index (κ2) is 7.83. The number of hydrogen-bond donors (Lipinski definition) is 2. The molecule has 0 aliphatic carbocycles. The van der Waals surface area contributed by atoms with Gasteiger partial charge >= 0.3 is 5.97 Å². The molecular formula is C19H19NO7. The maximum Gasteiger partial charge on any atom is 0.338 e. The van der Waals surface area contributed by atoms with Crippen LogP contribution in [0.4, 0.5) is 0 Å². The molecule has 27 heavy (non-hydrogen) atoms. The number of nitrogens with zero attached hydrogens (tertiary/aromatic N) is 1. The average molecular weight is 373 g/mol. The zero-order valence-electron chi connectivity index (χ0n) is 14.5. The fourth-order valence-electron chi connectivity index (χ4n) is 2.88. The molecule has 1 fully saturated rings. The summed E-state index contributed by atoms with van der Waals surface area (Å²) in [4.78, 5) is 23.2. The zero-order chi connectivity index (χ0) is 19.6. The molecule has 1 aliphatic heterocycles. The minimum absolute atomic E-state index is 0.0539. The van der Waals surface area contributed by atoms with Crippen LogP contribution in [0.5, 0.6) is 0 Å². The lowest BCUT2D eigenvalue weighted by atomic mass is 10.1. The third-order valence-corrected chi connectivity index (χ3v) is 4.44. The van der Waals surface area contributed by atoms with Gasteiger partial charge in [-0.1, -0.05) is 18.2 Å². The lowest BCUT2D eigenvalue weighted by Crippen LogP contribution is -2.47. The van der Waals surface area contributed by atoms with Crippen molar-refractivity contribution in [3.63, 3.8) is 0 Å². The lowest BCUT2D eigenvalue weighted by Gasteiger charge is -2.13. The first-order valence-corrected chi connectivity index (χ1v) is 8.35. The van der Waals surface area contributed by atoms with Crippen molar-refractivity contribution in [2.75, 3.05) is 6.61 Å². The second-order valence-corrected chi connectivity index (χ2v) is 6.29. The SMILES string of the molecule is Cc1cc[n+]([C@@H]2O[C@H](COC(=O)c3ccccc3)[C@@H](O)[C@H]2O)cc1C(=O)[O-]. The number of rotatable bonds is 5. The number of ether oxygens (including phenoxy) is 2. The van der Waals surface area contributed by atoms with Crippen molar-refractivity contribution in [2.24, 2.45) is 0 Å². The van der Waals surface area contributed by atoms with E-state index in [0.717, 1.165) is 0 Å². The molecule has 3 rings (SSSR count). The fourth-order valence-corrected chi connectivity index (χ4v) is 2.88. The number of carbonyl (C=O) groups excluding carboxylic acids is 2. The number of esters is 1. The van der Waals surface area contributed by atoms with Crippen LogP contribution in [0.3, 0.4) is 0 Å². The Labute approximate surface area is 155 Å². The third kappa shape index (κ3) is 3.97. The Balaban J connectivity index is 1.70. The van der Waals surface area contributed by atoms with Gasteiger partial charge in [-0.25, -0.2) is 4.79 Å². The van der Waals surface area contributed by atoms with Crippen LogP contribution in [0.15, 0.2) is 48.8 Å². The molecule has 2 N–H and O–H groups in total. The minimum atomic E-state index is -1.36. The van der Waals surface area contributed by atoms with Crippen LogP contribution >= 0.6 is 0 Å². The Kier molecular flexibility index (Phi) is 5.50. The highest BCUT2D eigenvalue weighted by Gasteiger charge is 2.48. The maximum absolute atomic E-state index is 12.0. The molecule has 0 bridgehead atoms. The number of carbonyl (C=O) groups is 2.